The lowest BCUT2D eigenvalue weighted by Gasteiger charge is -2.19. The quantitative estimate of drug-likeness (QED) is 0.501. The Labute approximate surface area is 182 Å². The van der Waals surface area contributed by atoms with E-state index < -0.39 is 16.0 Å². The van der Waals surface area contributed by atoms with Gasteiger partial charge in [0.05, 0.1) is 10.6 Å². The first-order chi connectivity index (χ1) is 14.8. The maximum atomic E-state index is 13.0. The van der Waals surface area contributed by atoms with Crippen LogP contribution < -0.4 is 9.62 Å². The number of para-hydroxylation sites is 1. The molecule has 31 heavy (non-hydrogen) atoms. The van der Waals surface area contributed by atoms with Gasteiger partial charge in [0.1, 0.15) is 0 Å². The Morgan fingerprint density at radius 1 is 1.16 bits per heavy atom. The number of hydrogen-bond acceptors (Lipinski definition) is 5. The second kappa shape index (κ2) is 9.78. The van der Waals surface area contributed by atoms with Crippen LogP contribution in [0.25, 0.3) is 6.08 Å². The predicted octanol–water partition coefficient (Wildman–Crippen LogP) is 2.91. The van der Waals surface area contributed by atoms with Crippen molar-refractivity contribution in [2.75, 3.05) is 17.5 Å². The zero-order chi connectivity index (χ0) is 22.4. The Kier molecular flexibility index (Phi) is 7.12. The fourth-order valence-corrected chi connectivity index (χ4v) is 4.71. The zero-order valence-corrected chi connectivity index (χ0v) is 18.4. The van der Waals surface area contributed by atoms with E-state index in [4.69, 9.17) is 4.74 Å². The molecule has 1 atom stereocenters. The Morgan fingerprint density at radius 3 is 2.58 bits per heavy atom. The van der Waals surface area contributed by atoms with Crippen molar-refractivity contribution in [3.8, 4) is 0 Å². The van der Waals surface area contributed by atoms with Gasteiger partial charge in [-0.2, -0.15) is 0 Å². The van der Waals surface area contributed by atoms with E-state index in [1.807, 2.05) is 38.1 Å². The van der Waals surface area contributed by atoms with Crippen LogP contribution in [0.1, 0.15) is 31.4 Å². The molecule has 1 N–H and O–H groups in total. The minimum absolute atomic E-state index is 0.0191. The number of sulfonamides is 1. The number of ether oxygens (including phenoxy) is 1. The average Bonchev–Trinajstić information content (AvgIpc) is 3.21. The second-order valence-electron chi connectivity index (χ2n) is 7.34. The van der Waals surface area contributed by atoms with Crippen LogP contribution >= 0.6 is 0 Å². The molecule has 7 nitrogen and oxygen atoms in total. The molecular formula is C23H26N2O5S. The average molecular weight is 443 g/mol. The summed E-state index contributed by atoms with van der Waals surface area (Å²) in [6, 6.07) is 13.8. The fraction of sp³-hybridized carbons (Fsp3) is 0.304. The Morgan fingerprint density at radius 2 is 1.87 bits per heavy atom. The molecule has 2 aromatic carbocycles. The van der Waals surface area contributed by atoms with Crippen molar-refractivity contribution in [2.45, 2.75) is 37.6 Å². The summed E-state index contributed by atoms with van der Waals surface area (Å²) in [6.07, 6.45) is 4.19. The highest BCUT2D eigenvalue weighted by atomic mass is 32.2. The number of nitrogens with zero attached hydrogens (tertiary/aromatic N) is 1. The van der Waals surface area contributed by atoms with Crippen LogP contribution in [0.3, 0.4) is 0 Å². The molecule has 8 heteroatoms. The number of rotatable bonds is 8. The lowest BCUT2D eigenvalue weighted by atomic mass is 10.2. The fourth-order valence-electron chi connectivity index (χ4n) is 3.20. The van der Waals surface area contributed by atoms with Gasteiger partial charge in [-0.1, -0.05) is 37.3 Å². The van der Waals surface area contributed by atoms with Crippen LogP contribution in [0.15, 0.2) is 59.5 Å². The van der Waals surface area contributed by atoms with E-state index in [-0.39, 0.29) is 23.5 Å². The lowest BCUT2D eigenvalue weighted by molar-refractivity contribution is -0.144. The number of hydrogen-bond donors (Lipinski definition) is 1. The van der Waals surface area contributed by atoms with Gasteiger partial charge in [0, 0.05) is 18.7 Å². The maximum Gasteiger partial charge on any atom is 0.331 e. The van der Waals surface area contributed by atoms with Gasteiger partial charge >= 0.3 is 5.97 Å². The first-order valence-electron chi connectivity index (χ1n) is 10.2. The molecule has 0 aromatic heterocycles. The van der Waals surface area contributed by atoms with Crippen LogP contribution in [0.2, 0.25) is 0 Å². The van der Waals surface area contributed by atoms with Gasteiger partial charge in [-0.3, -0.25) is 9.10 Å². The van der Waals surface area contributed by atoms with Gasteiger partial charge in [-0.15, -0.1) is 0 Å². The van der Waals surface area contributed by atoms with E-state index >= 15 is 0 Å². The van der Waals surface area contributed by atoms with Crippen molar-refractivity contribution in [1.29, 1.82) is 0 Å². The van der Waals surface area contributed by atoms with Crippen molar-refractivity contribution in [3.63, 3.8) is 0 Å². The summed E-state index contributed by atoms with van der Waals surface area (Å²) in [5, 5.41) is 2.71. The van der Waals surface area contributed by atoms with E-state index in [0.717, 1.165) is 12.0 Å². The first-order valence-corrected chi connectivity index (χ1v) is 11.6. The number of esters is 1. The molecule has 1 aliphatic heterocycles. The number of benzene rings is 2. The molecule has 0 spiro atoms. The summed E-state index contributed by atoms with van der Waals surface area (Å²) < 4.78 is 32.4. The molecule has 0 aliphatic carbocycles. The molecular weight excluding hydrogens is 416 g/mol. The van der Waals surface area contributed by atoms with E-state index in [1.165, 1.54) is 28.6 Å². The molecule has 0 saturated heterocycles. The van der Waals surface area contributed by atoms with Gasteiger partial charge in [-0.25, -0.2) is 13.2 Å². The third-order valence-electron chi connectivity index (χ3n) is 5.09. The maximum absolute atomic E-state index is 13.0. The SMILES string of the molecule is CC[C@@H](C)NC(=O)COC(=O)/C=C/c1ccc(S(=O)(=O)N2CCc3ccccc32)cc1. The van der Waals surface area contributed by atoms with E-state index in [1.54, 1.807) is 12.1 Å². The Balaban J connectivity index is 1.60. The molecule has 0 fully saturated rings. The summed E-state index contributed by atoms with van der Waals surface area (Å²) in [7, 11) is -3.66. The van der Waals surface area contributed by atoms with Crippen LogP contribution in [0, 0.1) is 0 Å². The molecule has 3 rings (SSSR count). The van der Waals surface area contributed by atoms with Gasteiger partial charge < -0.3 is 10.1 Å². The lowest BCUT2D eigenvalue weighted by Crippen LogP contribution is -2.35. The Hall–Kier alpha value is -3.13. The van der Waals surface area contributed by atoms with Gasteiger partial charge in [0.2, 0.25) is 0 Å². The van der Waals surface area contributed by atoms with Gasteiger partial charge in [0.25, 0.3) is 15.9 Å². The second-order valence-corrected chi connectivity index (χ2v) is 9.21. The third-order valence-corrected chi connectivity index (χ3v) is 6.92. The van der Waals surface area contributed by atoms with Crippen molar-refractivity contribution < 1.29 is 22.7 Å². The normalized spacial score (nSPS) is 14.3. The number of carbonyl (C=O) groups is 2. The summed E-state index contributed by atoms with van der Waals surface area (Å²) in [6.45, 7) is 3.88. The van der Waals surface area contributed by atoms with Crippen molar-refractivity contribution >= 4 is 33.7 Å². The number of fused-ring (bicyclic) bond motifs is 1. The number of anilines is 1. The summed E-state index contributed by atoms with van der Waals surface area (Å²) in [5.41, 5.74) is 2.37. The highest BCUT2D eigenvalue weighted by Gasteiger charge is 2.30. The first kappa shape index (κ1) is 22.6. The zero-order valence-electron chi connectivity index (χ0n) is 17.6. The topological polar surface area (TPSA) is 92.8 Å². The van der Waals surface area contributed by atoms with E-state index in [9.17, 15) is 18.0 Å². The molecule has 0 unspecified atom stereocenters. The highest BCUT2D eigenvalue weighted by molar-refractivity contribution is 7.92. The van der Waals surface area contributed by atoms with Crippen LogP contribution in [0.5, 0.6) is 0 Å². The molecule has 0 bridgehead atoms. The van der Waals surface area contributed by atoms with Crippen LogP contribution in [-0.2, 0) is 30.8 Å². The molecule has 1 heterocycles. The highest BCUT2D eigenvalue weighted by Crippen LogP contribution is 2.32. The predicted molar refractivity (Wildman–Crippen MR) is 119 cm³/mol. The minimum Gasteiger partial charge on any atom is -0.452 e. The number of nitrogens with one attached hydrogen (secondary N) is 1. The minimum atomic E-state index is -3.66. The Bertz CT molecular complexity index is 1080. The smallest absolute Gasteiger partial charge is 0.331 e. The third kappa shape index (κ3) is 5.52. The molecule has 1 amide bonds. The molecule has 0 radical (unpaired) electrons. The number of amides is 1. The van der Waals surface area contributed by atoms with E-state index in [2.05, 4.69) is 5.32 Å². The monoisotopic (exact) mass is 442 g/mol. The summed E-state index contributed by atoms with van der Waals surface area (Å²) in [5.74, 6) is -1.00. The standard InChI is InChI=1S/C23H26N2O5S/c1-3-17(2)24-22(26)16-30-23(27)13-10-18-8-11-20(12-9-18)31(28,29)25-15-14-19-6-4-5-7-21(19)25/h4-13,17H,3,14-16H2,1-2H3,(H,24,26)/b13-10+/t17-/m1/s1. The molecule has 1 aliphatic rings. The molecule has 2 aromatic rings. The summed E-state index contributed by atoms with van der Waals surface area (Å²) >= 11 is 0. The van der Waals surface area contributed by atoms with Crippen molar-refractivity contribution in [1.82, 2.24) is 5.32 Å². The number of carbonyl (C=O) groups excluding carboxylic acids is 2. The van der Waals surface area contributed by atoms with Gasteiger partial charge in [0.15, 0.2) is 6.61 Å². The van der Waals surface area contributed by atoms with Crippen molar-refractivity contribution in [3.05, 3.63) is 65.7 Å². The van der Waals surface area contributed by atoms with Crippen LogP contribution in [0.4, 0.5) is 5.69 Å². The van der Waals surface area contributed by atoms with Crippen LogP contribution in [-0.4, -0.2) is 39.5 Å². The molecule has 164 valence electrons. The van der Waals surface area contributed by atoms with Gasteiger partial charge in [-0.05, 0) is 55.2 Å². The largest absolute Gasteiger partial charge is 0.452 e. The molecule has 0 saturated carbocycles. The summed E-state index contributed by atoms with van der Waals surface area (Å²) in [4.78, 5) is 23.6. The van der Waals surface area contributed by atoms with Crippen molar-refractivity contribution in [2.24, 2.45) is 0 Å². The van der Waals surface area contributed by atoms with E-state index in [0.29, 0.717) is 24.2 Å².